The van der Waals surface area contributed by atoms with Gasteiger partial charge in [0.1, 0.15) is 23.1 Å². The number of ether oxygens (including phenoxy) is 3. The van der Waals surface area contributed by atoms with Crippen molar-refractivity contribution in [2.75, 3.05) is 13.2 Å². The van der Waals surface area contributed by atoms with Gasteiger partial charge in [0, 0.05) is 10.0 Å². The van der Waals surface area contributed by atoms with Crippen LogP contribution in [0.15, 0.2) is 76.3 Å². The summed E-state index contributed by atoms with van der Waals surface area (Å²) in [6, 6.07) is 17.0. The lowest BCUT2D eigenvalue weighted by molar-refractivity contribution is -0.123. The molecule has 0 bridgehead atoms. The van der Waals surface area contributed by atoms with E-state index in [4.69, 9.17) is 14.2 Å². The second-order valence-corrected chi connectivity index (χ2v) is 7.90. The maximum Gasteiger partial charge on any atom is 0.343 e. The van der Waals surface area contributed by atoms with Crippen molar-refractivity contribution in [2.45, 2.75) is 13.3 Å². The number of esters is 1. The molecular weight excluding hydrogens is 507 g/mol. The Hall–Kier alpha value is -3.72. The Morgan fingerprint density at radius 1 is 1.00 bits per heavy atom. The average molecular weight is 529 g/mol. The molecule has 0 spiro atoms. The molecule has 7 nitrogen and oxygen atoms in total. The summed E-state index contributed by atoms with van der Waals surface area (Å²) in [6.07, 6.45) is 2.24. The Labute approximate surface area is 204 Å². The molecule has 0 atom stereocenters. The van der Waals surface area contributed by atoms with Crippen LogP contribution in [0, 0.1) is 5.82 Å². The molecule has 0 saturated carbocycles. The number of nitrogens with zero attached hydrogens (tertiary/aromatic N) is 1. The fourth-order valence-electron chi connectivity index (χ4n) is 2.66. The van der Waals surface area contributed by atoms with Crippen molar-refractivity contribution in [3.05, 3.63) is 88.1 Å². The first-order chi connectivity index (χ1) is 16.4. The third-order valence-electron chi connectivity index (χ3n) is 4.31. The summed E-state index contributed by atoms with van der Waals surface area (Å²) in [4.78, 5) is 24.5. The van der Waals surface area contributed by atoms with Gasteiger partial charge in [-0.1, -0.05) is 22.9 Å². The monoisotopic (exact) mass is 528 g/mol. The zero-order chi connectivity index (χ0) is 24.3. The fraction of sp³-hybridized carbons (Fsp3) is 0.160. The molecule has 0 radical (unpaired) electrons. The van der Waals surface area contributed by atoms with Gasteiger partial charge in [0.25, 0.3) is 5.91 Å². The number of carbonyl (C=O) groups is 2. The van der Waals surface area contributed by atoms with Crippen molar-refractivity contribution in [3.8, 4) is 17.2 Å². The lowest BCUT2D eigenvalue weighted by Gasteiger charge is -2.09. The lowest BCUT2D eigenvalue weighted by atomic mass is 10.2. The van der Waals surface area contributed by atoms with Crippen molar-refractivity contribution in [1.29, 1.82) is 0 Å². The molecule has 9 heteroatoms. The number of benzene rings is 3. The maximum atomic E-state index is 12.9. The standard InChI is InChI=1S/C25H22BrFN2O5/c1-2-13-32-21-8-3-17(4-9-21)25(31)34-23-12-5-19(26)14-18(23)15-28-29-24(30)16-33-22-10-6-20(27)7-11-22/h3-12,14-15H,2,13,16H2,1H3,(H,29,30). The number of hydrogen-bond donors (Lipinski definition) is 1. The summed E-state index contributed by atoms with van der Waals surface area (Å²) in [7, 11) is 0. The lowest BCUT2D eigenvalue weighted by Crippen LogP contribution is -2.24. The Bertz CT molecular complexity index is 1150. The molecule has 0 fully saturated rings. The third kappa shape index (κ3) is 7.70. The van der Waals surface area contributed by atoms with Gasteiger partial charge in [-0.25, -0.2) is 14.6 Å². The van der Waals surface area contributed by atoms with Gasteiger partial charge in [0.2, 0.25) is 0 Å². The second-order valence-electron chi connectivity index (χ2n) is 6.98. The first-order valence-electron chi connectivity index (χ1n) is 10.4. The smallest absolute Gasteiger partial charge is 0.343 e. The molecule has 0 aliphatic heterocycles. The Balaban J connectivity index is 1.59. The highest BCUT2D eigenvalue weighted by Gasteiger charge is 2.12. The van der Waals surface area contributed by atoms with E-state index in [0.29, 0.717) is 29.2 Å². The molecule has 0 saturated heterocycles. The summed E-state index contributed by atoms with van der Waals surface area (Å²) >= 11 is 3.36. The molecule has 1 amide bonds. The predicted octanol–water partition coefficient (Wildman–Crippen LogP) is 5.13. The molecule has 0 unspecified atom stereocenters. The van der Waals surface area contributed by atoms with Crippen molar-refractivity contribution >= 4 is 34.0 Å². The summed E-state index contributed by atoms with van der Waals surface area (Å²) in [6.45, 7) is 2.31. The van der Waals surface area contributed by atoms with Gasteiger partial charge in [0.15, 0.2) is 6.61 Å². The van der Waals surface area contributed by atoms with Gasteiger partial charge in [-0.15, -0.1) is 0 Å². The molecule has 3 aromatic carbocycles. The number of carbonyl (C=O) groups excluding carboxylic acids is 2. The highest BCUT2D eigenvalue weighted by Crippen LogP contribution is 2.23. The Kier molecular flexibility index (Phi) is 9.16. The van der Waals surface area contributed by atoms with Crippen LogP contribution in [0.3, 0.4) is 0 Å². The van der Waals surface area contributed by atoms with E-state index in [1.165, 1.54) is 30.5 Å². The van der Waals surface area contributed by atoms with E-state index in [0.717, 1.165) is 10.9 Å². The minimum absolute atomic E-state index is 0.264. The number of halogens is 2. The number of rotatable bonds is 10. The van der Waals surface area contributed by atoms with Crippen LogP contribution in [-0.4, -0.2) is 31.3 Å². The highest BCUT2D eigenvalue weighted by atomic mass is 79.9. The van der Waals surface area contributed by atoms with E-state index in [2.05, 4.69) is 26.5 Å². The van der Waals surface area contributed by atoms with Crippen LogP contribution in [0.25, 0.3) is 0 Å². The van der Waals surface area contributed by atoms with Crippen LogP contribution in [0.1, 0.15) is 29.3 Å². The number of amides is 1. The van der Waals surface area contributed by atoms with Crippen molar-refractivity contribution in [2.24, 2.45) is 5.10 Å². The SMILES string of the molecule is CCCOc1ccc(C(=O)Oc2ccc(Br)cc2C=NNC(=O)COc2ccc(F)cc2)cc1. The van der Waals surface area contributed by atoms with Crippen molar-refractivity contribution < 1.29 is 28.2 Å². The third-order valence-corrected chi connectivity index (χ3v) is 4.81. The van der Waals surface area contributed by atoms with E-state index in [9.17, 15) is 14.0 Å². The number of hydrogen-bond acceptors (Lipinski definition) is 6. The minimum Gasteiger partial charge on any atom is -0.494 e. The molecule has 34 heavy (non-hydrogen) atoms. The van der Waals surface area contributed by atoms with Gasteiger partial charge in [-0.2, -0.15) is 5.10 Å². The Morgan fingerprint density at radius 3 is 2.38 bits per heavy atom. The molecule has 0 aliphatic carbocycles. The first kappa shape index (κ1) is 24.9. The molecule has 3 aromatic rings. The van der Waals surface area contributed by atoms with E-state index < -0.39 is 17.7 Å². The molecule has 0 aromatic heterocycles. The topological polar surface area (TPSA) is 86.2 Å². The van der Waals surface area contributed by atoms with E-state index in [1.54, 1.807) is 42.5 Å². The fourth-order valence-corrected chi connectivity index (χ4v) is 3.04. The Morgan fingerprint density at radius 2 is 1.68 bits per heavy atom. The molecular formula is C25H22BrFN2O5. The van der Waals surface area contributed by atoms with Crippen LogP contribution in [0.4, 0.5) is 4.39 Å². The molecule has 176 valence electrons. The largest absolute Gasteiger partial charge is 0.494 e. The van der Waals surface area contributed by atoms with E-state index >= 15 is 0 Å². The van der Waals surface area contributed by atoms with Gasteiger partial charge < -0.3 is 14.2 Å². The van der Waals surface area contributed by atoms with Crippen LogP contribution in [-0.2, 0) is 4.79 Å². The van der Waals surface area contributed by atoms with Crippen LogP contribution < -0.4 is 19.6 Å². The van der Waals surface area contributed by atoms with E-state index in [-0.39, 0.29) is 12.4 Å². The van der Waals surface area contributed by atoms with Crippen LogP contribution in [0.5, 0.6) is 17.2 Å². The molecule has 0 aliphatic rings. The summed E-state index contributed by atoms with van der Waals surface area (Å²) < 4.78 is 29.9. The predicted molar refractivity (Wildman–Crippen MR) is 129 cm³/mol. The quantitative estimate of drug-likeness (QED) is 0.171. The zero-order valence-corrected chi connectivity index (χ0v) is 19.9. The normalized spacial score (nSPS) is 10.7. The van der Waals surface area contributed by atoms with Gasteiger partial charge >= 0.3 is 5.97 Å². The minimum atomic E-state index is -0.546. The van der Waals surface area contributed by atoms with Gasteiger partial charge in [0.05, 0.1) is 18.4 Å². The molecule has 1 N–H and O–H groups in total. The zero-order valence-electron chi connectivity index (χ0n) is 18.3. The van der Waals surface area contributed by atoms with Gasteiger partial charge in [-0.3, -0.25) is 4.79 Å². The summed E-state index contributed by atoms with van der Waals surface area (Å²) in [5.74, 6) is -0.166. The van der Waals surface area contributed by atoms with Gasteiger partial charge in [-0.05, 0) is 73.2 Å². The van der Waals surface area contributed by atoms with Crippen LogP contribution >= 0.6 is 15.9 Å². The average Bonchev–Trinajstić information content (AvgIpc) is 2.84. The number of hydrazone groups is 1. The summed E-state index contributed by atoms with van der Waals surface area (Å²) in [5, 5.41) is 3.90. The molecule has 0 heterocycles. The van der Waals surface area contributed by atoms with E-state index in [1.807, 2.05) is 6.92 Å². The second kappa shape index (κ2) is 12.5. The maximum absolute atomic E-state index is 12.9. The highest BCUT2D eigenvalue weighted by molar-refractivity contribution is 9.10. The first-order valence-corrected chi connectivity index (χ1v) is 11.2. The number of nitrogens with one attached hydrogen (secondary N) is 1. The van der Waals surface area contributed by atoms with Crippen molar-refractivity contribution in [3.63, 3.8) is 0 Å². The van der Waals surface area contributed by atoms with Crippen molar-refractivity contribution in [1.82, 2.24) is 5.43 Å². The molecule has 3 rings (SSSR count). The summed E-state index contributed by atoms with van der Waals surface area (Å²) in [5.41, 5.74) is 3.15. The van der Waals surface area contributed by atoms with Crippen LogP contribution in [0.2, 0.25) is 0 Å².